The minimum Gasteiger partial charge on any atom is -0.345 e. The summed E-state index contributed by atoms with van der Waals surface area (Å²) in [6.45, 7) is 6.40. The molecule has 1 aromatic heterocycles. The van der Waals surface area contributed by atoms with E-state index >= 15 is 0 Å². The molecule has 3 aromatic rings. The van der Waals surface area contributed by atoms with Gasteiger partial charge in [-0.1, -0.05) is 61.2 Å². The number of anilines is 1. The summed E-state index contributed by atoms with van der Waals surface area (Å²) in [5.41, 5.74) is 2.69. The first-order valence-corrected chi connectivity index (χ1v) is 16.8. The second-order valence-corrected chi connectivity index (χ2v) is 14.3. The van der Waals surface area contributed by atoms with E-state index in [9.17, 15) is 18.0 Å². The molecule has 0 unspecified atom stereocenters. The summed E-state index contributed by atoms with van der Waals surface area (Å²) in [6.07, 6.45) is 7.13. The zero-order chi connectivity index (χ0) is 30.3. The number of sulfonamides is 1. The Labute approximate surface area is 258 Å². The molecular weight excluding hydrogens is 616 g/mol. The van der Waals surface area contributed by atoms with E-state index < -0.39 is 10.0 Å². The van der Waals surface area contributed by atoms with Crippen molar-refractivity contribution in [3.8, 4) is 0 Å². The van der Waals surface area contributed by atoms with Crippen LogP contribution in [-0.2, 0) is 32.7 Å². The van der Waals surface area contributed by atoms with E-state index in [2.05, 4.69) is 37.9 Å². The third kappa shape index (κ3) is 8.55. The van der Waals surface area contributed by atoms with Crippen LogP contribution in [0.2, 0.25) is 0 Å². The summed E-state index contributed by atoms with van der Waals surface area (Å²) in [7, 11) is -3.95. The molecule has 1 heterocycles. The van der Waals surface area contributed by atoms with Crippen molar-refractivity contribution in [2.75, 3.05) is 18.4 Å². The second kappa shape index (κ2) is 14.5. The fourth-order valence-corrected chi connectivity index (χ4v) is 7.30. The van der Waals surface area contributed by atoms with Crippen LogP contribution in [0.5, 0.6) is 0 Å². The van der Waals surface area contributed by atoms with Crippen LogP contribution in [0.3, 0.4) is 0 Å². The van der Waals surface area contributed by atoms with Gasteiger partial charge in [0.05, 0.1) is 18.0 Å². The Bertz CT molecular complexity index is 1450. The van der Waals surface area contributed by atoms with Crippen molar-refractivity contribution in [2.45, 2.75) is 76.9 Å². The molecule has 0 bridgehead atoms. The van der Waals surface area contributed by atoms with Crippen molar-refractivity contribution < 1.29 is 18.0 Å². The summed E-state index contributed by atoms with van der Waals surface area (Å²) in [5, 5.41) is 2.66. The number of benzene rings is 2. The van der Waals surface area contributed by atoms with Crippen LogP contribution in [0.4, 0.5) is 5.69 Å². The minimum atomic E-state index is -3.95. The zero-order valence-electron chi connectivity index (χ0n) is 24.6. The number of amides is 2. The lowest BCUT2D eigenvalue weighted by Gasteiger charge is -2.36. The Morgan fingerprint density at radius 1 is 1.00 bits per heavy atom. The lowest BCUT2D eigenvalue weighted by Crippen LogP contribution is -2.48. The number of nitrogens with one attached hydrogen (secondary N) is 1. The van der Waals surface area contributed by atoms with Crippen LogP contribution in [0.25, 0.3) is 0 Å². The van der Waals surface area contributed by atoms with Gasteiger partial charge in [0, 0.05) is 48.1 Å². The molecule has 1 fully saturated rings. The zero-order valence-corrected chi connectivity index (χ0v) is 27.0. The molecule has 0 atom stereocenters. The highest BCUT2D eigenvalue weighted by Crippen LogP contribution is 2.26. The van der Waals surface area contributed by atoms with Gasteiger partial charge >= 0.3 is 0 Å². The molecule has 1 saturated carbocycles. The molecular formula is C32H41BrN4O4S. The van der Waals surface area contributed by atoms with Crippen molar-refractivity contribution in [2.24, 2.45) is 5.92 Å². The van der Waals surface area contributed by atoms with Crippen molar-refractivity contribution in [3.63, 3.8) is 0 Å². The molecule has 10 heteroatoms. The molecule has 4 rings (SSSR count). The normalized spacial score (nSPS) is 14.3. The predicted molar refractivity (Wildman–Crippen MR) is 169 cm³/mol. The van der Waals surface area contributed by atoms with Crippen molar-refractivity contribution in [3.05, 3.63) is 82.6 Å². The number of nitrogens with zero attached hydrogens (tertiary/aromatic N) is 3. The van der Waals surface area contributed by atoms with Gasteiger partial charge in [-0.05, 0) is 72.9 Å². The quantitative estimate of drug-likeness (QED) is 0.249. The third-order valence-electron chi connectivity index (χ3n) is 7.55. The number of carbonyl (C=O) groups excluding carboxylic acids is 2. The molecule has 42 heavy (non-hydrogen) atoms. The largest absolute Gasteiger partial charge is 0.345 e. The number of aromatic nitrogens is 1. The molecule has 226 valence electrons. The van der Waals surface area contributed by atoms with Crippen LogP contribution in [0.1, 0.15) is 64.1 Å². The summed E-state index contributed by atoms with van der Waals surface area (Å²) in [5.74, 6) is -0.390. The van der Waals surface area contributed by atoms with Crippen LogP contribution in [0.15, 0.2) is 76.2 Å². The van der Waals surface area contributed by atoms with Gasteiger partial charge in [0.1, 0.15) is 0 Å². The Kier molecular flexibility index (Phi) is 11.0. The minimum absolute atomic E-state index is 0.0255. The Morgan fingerprint density at radius 2 is 1.67 bits per heavy atom. The van der Waals surface area contributed by atoms with Crippen LogP contribution < -0.4 is 5.32 Å². The number of hydrogen-bond acceptors (Lipinski definition) is 4. The first-order valence-electron chi connectivity index (χ1n) is 14.6. The Balaban J connectivity index is 1.58. The lowest BCUT2D eigenvalue weighted by atomic mass is 9.94. The van der Waals surface area contributed by atoms with E-state index in [4.69, 9.17) is 0 Å². The van der Waals surface area contributed by atoms with E-state index in [0.717, 1.165) is 47.8 Å². The first-order chi connectivity index (χ1) is 20.0. The molecule has 1 aliphatic carbocycles. The molecule has 0 saturated heterocycles. The van der Waals surface area contributed by atoms with E-state index in [1.165, 1.54) is 23.4 Å². The fourth-order valence-electron chi connectivity index (χ4n) is 5.48. The number of halogens is 1. The topological polar surface area (TPSA) is 91.7 Å². The van der Waals surface area contributed by atoms with Crippen molar-refractivity contribution in [1.29, 1.82) is 0 Å². The van der Waals surface area contributed by atoms with Crippen molar-refractivity contribution in [1.82, 2.24) is 13.8 Å². The van der Waals surface area contributed by atoms with E-state index in [1.54, 1.807) is 12.1 Å². The lowest BCUT2D eigenvalue weighted by molar-refractivity contribution is -0.135. The van der Waals surface area contributed by atoms with E-state index in [-0.39, 0.29) is 41.8 Å². The van der Waals surface area contributed by atoms with Crippen LogP contribution in [-0.4, -0.2) is 53.1 Å². The van der Waals surface area contributed by atoms with Crippen LogP contribution in [0, 0.1) is 5.92 Å². The van der Waals surface area contributed by atoms with Gasteiger partial charge < -0.3 is 14.8 Å². The maximum Gasteiger partial charge on any atom is 0.243 e. The molecule has 0 aliphatic heterocycles. The summed E-state index contributed by atoms with van der Waals surface area (Å²) >= 11 is 3.49. The van der Waals surface area contributed by atoms with Gasteiger partial charge in [-0.25, -0.2) is 8.42 Å². The molecule has 0 radical (unpaired) electrons. The van der Waals surface area contributed by atoms with Gasteiger partial charge in [0.2, 0.25) is 21.8 Å². The summed E-state index contributed by atoms with van der Waals surface area (Å²) in [4.78, 5) is 27.5. The predicted octanol–water partition coefficient (Wildman–Crippen LogP) is 6.27. The maximum absolute atomic E-state index is 14.1. The first kappa shape index (κ1) is 32.0. The Hall–Kier alpha value is -2.95. The highest BCUT2D eigenvalue weighted by atomic mass is 79.9. The monoisotopic (exact) mass is 656 g/mol. The van der Waals surface area contributed by atoms with Gasteiger partial charge in [-0.3, -0.25) is 9.59 Å². The molecule has 2 amide bonds. The molecule has 1 N–H and O–H groups in total. The second-order valence-electron chi connectivity index (χ2n) is 11.5. The number of rotatable bonds is 12. The van der Waals surface area contributed by atoms with Crippen molar-refractivity contribution >= 4 is 43.5 Å². The molecule has 8 nitrogen and oxygen atoms in total. The van der Waals surface area contributed by atoms with Gasteiger partial charge in [-0.15, -0.1) is 0 Å². The van der Waals surface area contributed by atoms with Gasteiger partial charge in [0.15, 0.2) is 0 Å². The van der Waals surface area contributed by atoms with E-state index in [1.807, 2.05) is 49.2 Å². The molecule has 1 aliphatic rings. The SMILES string of the molecule is CC(=O)Nc1ccc(S(=O)(=O)N(CC(=O)N(Cc2cccn2Cc2ccc(Br)cc2)C2CCCCC2)CC(C)C)cc1. The maximum atomic E-state index is 14.1. The van der Waals surface area contributed by atoms with Gasteiger partial charge in [-0.2, -0.15) is 4.31 Å². The number of hydrogen-bond donors (Lipinski definition) is 1. The number of carbonyl (C=O) groups is 2. The van der Waals surface area contributed by atoms with Gasteiger partial charge in [0.25, 0.3) is 0 Å². The molecule has 0 spiro atoms. The Morgan fingerprint density at radius 3 is 2.29 bits per heavy atom. The fraction of sp³-hybridized carbons (Fsp3) is 0.438. The third-order valence-corrected chi connectivity index (χ3v) is 9.91. The van der Waals surface area contributed by atoms with E-state index in [0.29, 0.717) is 18.8 Å². The highest BCUT2D eigenvalue weighted by molar-refractivity contribution is 9.10. The summed E-state index contributed by atoms with van der Waals surface area (Å²) in [6, 6.07) is 18.4. The average molecular weight is 658 g/mol. The standard InChI is InChI=1S/C32H41BrN4O4S/c1-24(2)20-36(42(40,41)31-17-15-28(16-18-31)34-25(3)38)23-32(39)37(29-8-5-4-6-9-29)22-30-10-7-19-35(30)21-26-11-13-27(33)14-12-26/h7,10-19,24,29H,4-6,8-9,20-23H2,1-3H3,(H,34,38). The smallest absolute Gasteiger partial charge is 0.243 e. The summed E-state index contributed by atoms with van der Waals surface area (Å²) < 4.78 is 32.1. The average Bonchev–Trinajstić information content (AvgIpc) is 3.39. The molecule has 2 aromatic carbocycles. The highest BCUT2D eigenvalue weighted by Gasteiger charge is 2.32. The van der Waals surface area contributed by atoms with Crippen LogP contribution >= 0.6 is 15.9 Å².